The molecular weight excluding hydrogens is 460 g/mol. The molecule has 8 nitrogen and oxygen atoms in total. The van der Waals surface area contributed by atoms with Crippen LogP contribution in [0.1, 0.15) is 62.4 Å². The summed E-state index contributed by atoms with van der Waals surface area (Å²) in [6.45, 7) is 4.96. The van der Waals surface area contributed by atoms with E-state index in [2.05, 4.69) is 9.88 Å². The Morgan fingerprint density at radius 3 is 2.39 bits per heavy atom. The fourth-order valence-electron chi connectivity index (χ4n) is 4.95. The monoisotopic (exact) mass is 492 g/mol. The SMILES string of the molecule is CC(C)OC(=O)Nc1ccc(-c2c(C(=O)O)c3ccc(OC4CCOCC4)cc3n2C2CCC2)cc1. The summed E-state index contributed by atoms with van der Waals surface area (Å²) in [4.78, 5) is 24.5. The van der Waals surface area contributed by atoms with Gasteiger partial charge in [-0.3, -0.25) is 5.32 Å². The van der Waals surface area contributed by atoms with E-state index in [1.165, 1.54) is 0 Å². The summed E-state index contributed by atoms with van der Waals surface area (Å²) in [5, 5.41) is 13.7. The molecule has 1 aliphatic carbocycles. The maximum absolute atomic E-state index is 12.5. The number of nitrogens with zero attached hydrogens (tertiary/aromatic N) is 1. The van der Waals surface area contributed by atoms with Crippen molar-refractivity contribution in [1.29, 1.82) is 0 Å². The van der Waals surface area contributed by atoms with Crippen molar-refractivity contribution in [2.45, 2.75) is 64.2 Å². The van der Waals surface area contributed by atoms with Gasteiger partial charge in [0.15, 0.2) is 0 Å². The standard InChI is InChI=1S/C28H32N2O6/c1-17(2)35-28(33)29-19-8-6-18(7-9-19)26-25(27(31)32)23-11-10-22(36-21-12-14-34-15-13-21)16-24(23)30(26)20-4-3-5-20/h6-11,16-17,20-21H,3-5,12-15H2,1-2H3,(H,29,33)(H,31,32). The lowest BCUT2D eigenvalue weighted by Gasteiger charge is -2.30. The van der Waals surface area contributed by atoms with Gasteiger partial charge in [-0.25, -0.2) is 9.59 Å². The van der Waals surface area contributed by atoms with Crippen LogP contribution in [0.25, 0.3) is 22.2 Å². The number of benzene rings is 2. The molecular formula is C28H32N2O6. The van der Waals surface area contributed by atoms with Crippen LogP contribution in [0.3, 0.4) is 0 Å². The zero-order valence-corrected chi connectivity index (χ0v) is 20.7. The number of nitrogens with one attached hydrogen (secondary N) is 1. The molecule has 1 saturated carbocycles. The molecule has 5 rings (SSSR count). The summed E-state index contributed by atoms with van der Waals surface area (Å²) in [6, 6.07) is 13.2. The Morgan fingerprint density at radius 2 is 1.78 bits per heavy atom. The smallest absolute Gasteiger partial charge is 0.411 e. The van der Waals surface area contributed by atoms with Crippen LogP contribution in [0, 0.1) is 0 Å². The van der Waals surface area contributed by atoms with E-state index in [-0.39, 0.29) is 23.8 Å². The zero-order chi connectivity index (χ0) is 25.2. The molecule has 1 aromatic heterocycles. The molecule has 190 valence electrons. The van der Waals surface area contributed by atoms with E-state index in [4.69, 9.17) is 14.2 Å². The molecule has 2 aromatic carbocycles. The third kappa shape index (κ3) is 4.91. The van der Waals surface area contributed by atoms with Gasteiger partial charge >= 0.3 is 12.1 Å². The van der Waals surface area contributed by atoms with E-state index < -0.39 is 12.1 Å². The lowest BCUT2D eigenvalue weighted by molar-refractivity contribution is 0.0256. The molecule has 1 aliphatic heterocycles. The molecule has 0 bridgehead atoms. The first-order chi connectivity index (χ1) is 17.4. The number of carbonyl (C=O) groups excluding carboxylic acids is 1. The second-order valence-corrected chi connectivity index (χ2v) is 9.75. The summed E-state index contributed by atoms with van der Waals surface area (Å²) >= 11 is 0. The molecule has 8 heteroatoms. The van der Waals surface area contributed by atoms with Gasteiger partial charge in [0, 0.05) is 36.0 Å². The first-order valence-corrected chi connectivity index (χ1v) is 12.6. The molecule has 1 saturated heterocycles. The van der Waals surface area contributed by atoms with E-state index in [0.717, 1.165) is 48.9 Å². The maximum atomic E-state index is 12.5. The number of carbonyl (C=O) groups is 2. The highest BCUT2D eigenvalue weighted by Crippen LogP contribution is 2.44. The number of carboxylic acids is 1. The highest BCUT2D eigenvalue weighted by Gasteiger charge is 2.30. The first-order valence-electron chi connectivity index (χ1n) is 12.6. The summed E-state index contributed by atoms with van der Waals surface area (Å²) in [6.07, 6.45) is 4.17. The average Bonchev–Trinajstić information content (AvgIpc) is 3.13. The number of fused-ring (bicyclic) bond motifs is 1. The lowest BCUT2D eigenvalue weighted by atomic mass is 9.92. The number of amides is 1. The predicted molar refractivity (Wildman–Crippen MR) is 137 cm³/mol. The third-order valence-corrected chi connectivity index (χ3v) is 6.85. The van der Waals surface area contributed by atoms with Crippen LogP contribution >= 0.6 is 0 Å². The Balaban J connectivity index is 1.54. The van der Waals surface area contributed by atoms with Gasteiger partial charge in [0.05, 0.1) is 36.1 Å². The van der Waals surface area contributed by atoms with Gasteiger partial charge in [0.1, 0.15) is 11.9 Å². The third-order valence-electron chi connectivity index (χ3n) is 6.85. The van der Waals surface area contributed by atoms with Gasteiger partial charge in [0.2, 0.25) is 0 Å². The van der Waals surface area contributed by atoms with Crippen molar-refractivity contribution in [3.8, 4) is 17.0 Å². The fourth-order valence-corrected chi connectivity index (χ4v) is 4.95. The van der Waals surface area contributed by atoms with Crippen LogP contribution in [-0.4, -0.2) is 47.2 Å². The lowest BCUT2D eigenvalue weighted by Crippen LogP contribution is -2.25. The fraction of sp³-hybridized carbons (Fsp3) is 0.429. The van der Waals surface area contributed by atoms with Crippen LogP contribution < -0.4 is 10.1 Å². The molecule has 2 fully saturated rings. The molecule has 0 spiro atoms. The number of aromatic nitrogens is 1. The number of rotatable bonds is 7. The summed E-state index contributed by atoms with van der Waals surface area (Å²) in [5.74, 6) is -0.215. The van der Waals surface area contributed by atoms with Crippen LogP contribution in [0.5, 0.6) is 5.75 Å². The van der Waals surface area contributed by atoms with Crippen LogP contribution in [0.4, 0.5) is 10.5 Å². The molecule has 0 unspecified atom stereocenters. The second kappa shape index (κ2) is 10.2. The molecule has 0 atom stereocenters. The van der Waals surface area contributed by atoms with E-state index >= 15 is 0 Å². The van der Waals surface area contributed by atoms with Crippen molar-refractivity contribution >= 4 is 28.7 Å². The minimum absolute atomic E-state index is 0.101. The van der Waals surface area contributed by atoms with Crippen LogP contribution in [0.15, 0.2) is 42.5 Å². The minimum atomic E-state index is -0.964. The molecule has 1 amide bonds. The van der Waals surface area contributed by atoms with Crippen molar-refractivity contribution in [3.05, 3.63) is 48.0 Å². The topological polar surface area (TPSA) is 99.0 Å². The number of hydrogen-bond donors (Lipinski definition) is 2. The number of hydrogen-bond acceptors (Lipinski definition) is 5. The van der Waals surface area contributed by atoms with Gasteiger partial charge in [0.25, 0.3) is 0 Å². The quantitative estimate of drug-likeness (QED) is 0.405. The Bertz CT molecular complexity index is 1250. The van der Waals surface area contributed by atoms with E-state index in [1.54, 1.807) is 26.0 Å². The highest BCUT2D eigenvalue weighted by molar-refractivity contribution is 6.10. The zero-order valence-electron chi connectivity index (χ0n) is 20.7. The molecule has 0 radical (unpaired) electrons. The van der Waals surface area contributed by atoms with E-state index in [1.807, 2.05) is 30.3 Å². The predicted octanol–water partition coefficient (Wildman–Crippen LogP) is 6.25. The summed E-state index contributed by atoms with van der Waals surface area (Å²) in [7, 11) is 0. The second-order valence-electron chi connectivity index (χ2n) is 9.75. The van der Waals surface area contributed by atoms with Gasteiger partial charge < -0.3 is 23.9 Å². The van der Waals surface area contributed by atoms with Crippen molar-refractivity contribution in [1.82, 2.24) is 4.57 Å². The van der Waals surface area contributed by atoms with Gasteiger partial charge in [-0.2, -0.15) is 0 Å². The number of carboxylic acid groups (broad SMARTS) is 1. The highest BCUT2D eigenvalue weighted by atomic mass is 16.6. The first kappa shape index (κ1) is 24.2. The summed E-state index contributed by atoms with van der Waals surface area (Å²) < 4.78 is 19.0. The Kier molecular flexibility index (Phi) is 6.87. The van der Waals surface area contributed by atoms with Crippen molar-refractivity contribution < 1.29 is 28.9 Å². The average molecular weight is 493 g/mol. The molecule has 2 heterocycles. The summed E-state index contributed by atoms with van der Waals surface area (Å²) in [5.41, 5.74) is 3.21. The normalized spacial score (nSPS) is 16.6. The Labute approximate surface area is 210 Å². The number of ether oxygens (including phenoxy) is 3. The molecule has 2 N–H and O–H groups in total. The van der Waals surface area contributed by atoms with Crippen molar-refractivity contribution in [2.24, 2.45) is 0 Å². The number of aromatic carboxylic acids is 1. The van der Waals surface area contributed by atoms with Crippen molar-refractivity contribution in [3.63, 3.8) is 0 Å². The van der Waals surface area contributed by atoms with Crippen LogP contribution in [-0.2, 0) is 9.47 Å². The van der Waals surface area contributed by atoms with E-state index in [0.29, 0.717) is 30.0 Å². The Morgan fingerprint density at radius 1 is 1.06 bits per heavy atom. The molecule has 3 aromatic rings. The largest absolute Gasteiger partial charge is 0.490 e. The van der Waals surface area contributed by atoms with Gasteiger partial charge in [-0.1, -0.05) is 12.1 Å². The van der Waals surface area contributed by atoms with Crippen LogP contribution in [0.2, 0.25) is 0 Å². The maximum Gasteiger partial charge on any atom is 0.411 e. The van der Waals surface area contributed by atoms with Gasteiger partial charge in [-0.15, -0.1) is 0 Å². The van der Waals surface area contributed by atoms with Gasteiger partial charge in [-0.05, 0) is 62.9 Å². The minimum Gasteiger partial charge on any atom is -0.490 e. The van der Waals surface area contributed by atoms with E-state index in [9.17, 15) is 14.7 Å². The molecule has 2 aliphatic rings. The Hall–Kier alpha value is -3.52. The van der Waals surface area contributed by atoms with Crippen molar-refractivity contribution in [2.75, 3.05) is 18.5 Å². The number of anilines is 1. The molecule has 36 heavy (non-hydrogen) atoms.